The number of nitrogens with zero attached hydrogens (tertiary/aromatic N) is 1. The van der Waals surface area contributed by atoms with Crippen LogP contribution in [0.5, 0.6) is 0 Å². The predicted molar refractivity (Wildman–Crippen MR) is 79.0 cm³/mol. The second-order valence-corrected chi connectivity index (χ2v) is 7.21. The third-order valence-corrected chi connectivity index (χ3v) is 5.67. The van der Waals surface area contributed by atoms with Crippen molar-refractivity contribution in [1.29, 1.82) is 0 Å². The highest BCUT2D eigenvalue weighted by molar-refractivity contribution is 4.93. The van der Waals surface area contributed by atoms with Crippen molar-refractivity contribution < 1.29 is 13.2 Å². The summed E-state index contributed by atoms with van der Waals surface area (Å²) in [6.07, 6.45) is 2.45. The Kier molecular flexibility index (Phi) is 5.58. The Balaban J connectivity index is 1.89. The summed E-state index contributed by atoms with van der Waals surface area (Å²) < 4.78 is 37.1. The molecule has 0 radical (unpaired) electrons. The van der Waals surface area contributed by atoms with E-state index in [4.69, 9.17) is 5.73 Å². The lowest BCUT2D eigenvalue weighted by Crippen LogP contribution is -2.56. The first-order valence-electron chi connectivity index (χ1n) is 8.36. The van der Waals surface area contributed by atoms with E-state index in [0.717, 1.165) is 24.9 Å². The molecule has 1 heterocycles. The molecular formula is C16H29F3N2. The van der Waals surface area contributed by atoms with Crippen molar-refractivity contribution in [3.8, 4) is 0 Å². The van der Waals surface area contributed by atoms with E-state index in [9.17, 15) is 13.2 Å². The van der Waals surface area contributed by atoms with Crippen LogP contribution in [-0.4, -0.2) is 36.2 Å². The maximum atomic E-state index is 12.4. The molecule has 1 saturated carbocycles. The summed E-state index contributed by atoms with van der Waals surface area (Å²) in [5, 5.41) is 0. The maximum absolute atomic E-state index is 12.4. The van der Waals surface area contributed by atoms with Crippen molar-refractivity contribution in [3.63, 3.8) is 0 Å². The first kappa shape index (κ1) is 17.1. The Morgan fingerprint density at radius 3 is 2.33 bits per heavy atom. The summed E-state index contributed by atoms with van der Waals surface area (Å²) in [6.45, 7) is 4.53. The third kappa shape index (κ3) is 4.59. The largest absolute Gasteiger partial charge is 0.389 e. The third-order valence-electron chi connectivity index (χ3n) is 5.67. The molecule has 0 spiro atoms. The zero-order chi connectivity index (χ0) is 15.5. The van der Waals surface area contributed by atoms with Gasteiger partial charge in [-0.25, -0.2) is 0 Å². The van der Waals surface area contributed by atoms with Gasteiger partial charge >= 0.3 is 6.18 Å². The van der Waals surface area contributed by atoms with Gasteiger partial charge in [0.05, 0.1) is 0 Å². The molecule has 0 aromatic carbocycles. The number of nitrogens with two attached hydrogens (primary N) is 1. The van der Waals surface area contributed by atoms with Crippen molar-refractivity contribution >= 4 is 0 Å². The lowest BCUT2D eigenvalue weighted by Gasteiger charge is -2.49. The number of piperidine rings is 1. The highest BCUT2D eigenvalue weighted by atomic mass is 19.4. The second kappa shape index (κ2) is 6.86. The smallest absolute Gasteiger partial charge is 0.329 e. The normalized spacial score (nSPS) is 30.7. The van der Waals surface area contributed by atoms with Crippen molar-refractivity contribution in [2.45, 2.75) is 70.0 Å². The minimum absolute atomic E-state index is 0.182. The van der Waals surface area contributed by atoms with Crippen LogP contribution in [0.1, 0.15) is 58.3 Å². The van der Waals surface area contributed by atoms with Crippen LogP contribution in [0, 0.1) is 11.8 Å². The van der Waals surface area contributed by atoms with E-state index in [1.807, 2.05) is 6.92 Å². The minimum atomic E-state index is -4.05. The summed E-state index contributed by atoms with van der Waals surface area (Å²) in [7, 11) is 0. The molecule has 3 unspecified atom stereocenters. The van der Waals surface area contributed by atoms with Crippen molar-refractivity contribution in [1.82, 2.24) is 4.90 Å². The predicted octanol–water partition coefficient (Wildman–Crippen LogP) is 3.95. The maximum Gasteiger partial charge on any atom is 0.389 e. The van der Waals surface area contributed by atoms with E-state index in [0.29, 0.717) is 13.0 Å². The number of halogens is 3. The fraction of sp³-hybridized carbons (Fsp3) is 1.00. The molecule has 0 aromatic heterocycles. The number of alkyl halides is 3. The highest BCUT2D eigenvalue weighted by Crippen LogP contribution is 2.39. The van der Waals surface area contributed by atoms with Gasteiger partial charge in [-0.3, -0.25) is 4.90 Å². The molecule has 1 aliphatic heterocycles. The Hall–Kier alpha value is -0.290. The number of rotatable bonds is 5. The monoisotopic (exact) mass is 306 g/mol. The fourth-order valence-corrected chi connectivity index (χ4v) is 4.15. The Bertz CT molecular complexity index is 332. The van der Waals surface area contributed by atoms with Gasteiger partial charge in [0.2, 0.25) is 0 Å². The van der Waals surface area contributed by atoms with E-state index in [2.05, 4.69) is 4.90 Å². The molecule has 21 heavy (non-hydrogen) atoms. The average molecular weight is 306 g/mol. The van der Waals surface area contributed by atoms with E-state index in [1.54, 1.807) is 0 Å². The molecule has 0 bridgehead atoms. The van der Waals surface area contributed by atoms with Gasteiger partial charge in [-0.05, 0) is 51.0 Å². The fourth-order valence-electron chi connectivity index (χ4n) is 4.15. The summed E-state index contributed by atoms with van der Waals surface area (Å²) in [5.74, 6) is 1.58. The van der Waals surface area contributed by atoms with E-state index >= 15 is 0 Å². The Morgan fingerprint density at radius 2 is 1.71 bits per heavy atom. The van der Waals surface area contributed by atoms with Crippen LogP contribution in [0.15, 0.2) is 0 Å². The number of hydrogen-bond acceptors (Lipinski definition) is 2. The van der Waals surface area contributed by atoms with Crippen LogP contribution in [0.25, 0.3) is 0 Å². The van der Waals surface area contributed by atoms with Gasteiger partial charge in [0.25, 0.3) is 0 Å². The second-order valence-electron chi connectivity index (χ2n) is 7.21. The molecule has 2 nitrogen and oxygen atoms in total. The number of hydrogen-bond donors (Lipinski definition) is 1. The molecule has 0 aromatic rings. The first-order valence-corrected chi connectivity index (χ1v) is 8.36. The quantitative estimate of drug-likeness (QED) is 0.833. The molecule has 2 fully saturated rings. The molecule has 124 valence electrons. The van der Waals surface area contributed by atoms with Gasteiger partial charge in [0, 0.05) is 25.0 Å². The number of likely N-dealkylation sites (tertiary alicyclic amines) is 1. The number of fused-ring (bicyclic) bond motifs is 1. The molecule has 2 N–H and O–H groups in total. The van der Waals surface area contributed by atoms with Gasteiger partial charge in [-0.1, -0.05) is 19.3 Å². The molecule has 1 aliphatic carbocycles. The highest BCUT2D eigenvalue weighted by Gasteiger charge is 2.39. The van der Waals surface area contributed by atoms with Crippen molar-refractivity contribution in [2.24, 2.45) is 17.6 Å². The van der Waals surface area contributed by atoms with E-state index in [-0.39, 0.29) is 12.0 Å². The lowest BCUT2D eigenvalue weighted by molar-refractivity contribution is -0.137. The van der Waals surface area contributed by atoms with Gasteiger partial charge in [-0.15, -0.1) is 0 Å². The molecule has 3 atom stereocenters. The van der Waals surface area contributed by atoms with Crippen LogP contribution < -0.4 is 5.73 Å². The van der Waals surface area contributed by atoms with Crippen LogP contribution in [-0.2, 0) is 0 Å². The summed E-state index contributed by atoms with van der Waals surface area (Å²) >= 11 is 0. The molecule has 1 saturated heterocycles. The molecule has 2 aliphatic rings. The van der Waals surface area contributed by atoms with E-state index in [1.165, 1.54) is 32.1 Å². The topological polar surface area (TPSA) is 29.3 Å². The Morgan fingerprint density at radius 1 is 1.05 bits per heavy atom. The van der Waals surface area contributed by atoms with Gasteiger partial charge < -0.3 is 5.73 Å². The van der Waals surface area contributed by atoms with Crippen molar-refractivity contribution in [3.05, 3.63) is 0 Å². The van der Waals surface area contributed by atoms with E-state index < -0.39 is 12.6 Å². The first-order chi connectivity index (χ1) is 9.84. The molecular weight excluding hydrogens is 277 g/mol. The summed E-state index contributed by atoms with van der Waals surface area (Å²) in [5.41, 5.74) is 5.66. The van der Waals surface area contributed by atoms with Crippen molar-refractivity contribution in [2.75, 3.05) is 19.6 Å². The van der Waals surface area contributed by atoms with Gasteiger partial charge in [0.1, 0.15) is 0 Å². The van der Waals surface area contributed by atoms with Crippen LogP contribution in [0.3, 0.4) is 0 Å². The van der Waals surface area contributed by atoms with Crippen LogP contribution >= 0.6 is 0 Å². The molecule has 5 heteroatoms. The summed E-state index contributed by atoms with van der Waals surface area (Å²) in [6, 6.07) is 0. The zero-order valence-corrected chi connectivity index (χ0v) is 13.1. The molecule has 2 rings (SSSR count). The van der Waals surface area contributed by atoms with Crippen LogP contribution in [0.4, 0.5) is 13.2 Å². The standard InChI is InChI=1S/C16H29F3N2/c1-15(12-20,8-4-9-16(17,18)19)21-10-7-13-5-2-3-6-14(13)11-21/h13-14H,2-12,20H2,1H3. The lowest BCUT2D eigenvalue weighted by atomic mass is 9.73. The average Bonchev–Trinajstić information content (AvgIpc) is 2.45. The molecule has 0 amide bonds. The van der Waals surface area contributed by atoms with Gasteiger partial charge in [-0.2, -0.15) is 13.2 Å². The minimum Gasteiger partial charge on any atom is -0.329 e. The van der Waals surface area contributed by atoms with Gasteiger partial charge in [0.15, 0.2) is 0 Å². The van der Waals surface area contributed by atoms with Crippen LogP contribution in [0.2, 0.25) is 0 Å². The Labute approximate surface area is 126 Å². The summed E-state index contributed by atoms with van der Waals surface area (Å²) in [4.78, 5) is 2.38. The zero-order valence-electron chi connectivity index (χ0n) is 13.1. The SMILES string of the molecule is CC(CN)(CCCC(F)(F)F)N1CCC2CCCCC2C1.